The zero-order chi connectivity index (χ0) is 16.7. The molecule has 1 N–H and O–H groups in total. The van der Waals surface area contributed by atoms with Crippen molar-refractivity contribution >= 4 is 18.4 Å². The Morgan fingerprint density at radius 2 is 1.87 bits per heavy atom. The van der Waals surface area contributed by atoms with Crippen molar-refractivity contribution in [2.75, 3.05) is 6.16 Å². The summed E-state index contributed by atoms with van der Waals surface area (Å²) in [4.78, 5) is 9.91. The summed E-state index contributed by atoms with van der Waals surface area (Å²) in [5, 5.41) is 2.52. The molecule has 2 aromatic rings. The third kappa shape index (κ3) is 5.76. The molecule has 4 heteroatoms. The van der Waals surface area contributed by atoms with Crippen LogP contribution in [0, 0.1) is 0 Å². The summed E-state index contributed by atoms with van der Waals surface area (Å²) in [7, 11) is -3.45. The second kappa shape index (κ2) is 8.63. The van der Waals surface area contributed by atoms with Gasteiger partial charge in [-0.1, -0.05) is 55.8 Å². The molecule has 23 heavy (non-hydrogen) atoms. The van der Waals surface area contributed by atoms with Crippen LogP contribution in [0.5, 0.6) is 0 Å². The predicted molar refractivity (Wildman–Crippen MR) is 97.0 cm³/mol. The molecule has 0 fully saturated rings. The van der Waals surface area contributed by atoms with Gasteiger partial charge in [-0.3, -0.25) is 4.57 Å². The van der Waals surface area contributed by atoms with Crippen LogP contribution in [-0.2, 0) is 15.5 Å². The minimum absolute atomic E-state index is 0.145. The summed E-state index contributed by atoms with van der Waals surface area (Å²) in [5.74, 6) is 0. The van der Waals surface area contributed by atoms with E-state index in [9.17, 15) is 9.46 Å². The van der Waals surface area contributed by atoms with Crippen molar-refractivity contribution in [1.29, 1.82) is 0 Å². The summed E-state index contributed by atoms with van der Waals surface area (Å²) in [5.41, 5.74) is 1.30. The van der Waals surface area contributed by atoms with Crippen LogP contribution in [0.2, 0.25) is 0 Å². The van der Waals surface area contributed by atoms with Crippen molar-refractivity contribution in [2.45, 2.75) is 52.1 Å². The first kappa shape index (κ1) is 18.2. The Kier molecular flexibility index (Phi) is 6.83. The highest BCUT2D eigenvalue weighted by Gasteiger charge is 2.21. The normalized spacial score (nSPS) is 15.4. The maximum atomic E-state index is 12.1. The molecule has 0 saturated carbocycles. The van der Waals surface area contributed by atoms with Crippen molar-refractivity contribution < 1.29 is 14.0 Å². The summed E-state index contributed by atoms with van der Waals surface area (Å²) < 4.78 is 17.4. The van der Waals surface area contributed by atoms with Gasteiger partial charge in [-0.15, -0.1) is 0 Å². The van der Waals surface area contributed by atoms with Crippen LogP contribution in [0.15, 0.2) is 42.5 Å². The van der Waals surface area contributed by atoms with Gasteiger partial charge in [0.25, 0.3) is 0 Å². The van der Waals surface area contributed by atoms with E-state index in [2.05, 4.69) is 36.4 Å². The van der Waals surface area contributed by atoms with Gasteiger partial charge in [0.2, 0.25) is 0 Å². The van der Waals surface area contributed by atoms with Gasteiger partial charge in [0.1, 0.15) is 0 Å². The van der Waals surface area contributed by atoms with Gasteiger partial charge in [-0.25, -0.2) is 0 Å². The fourth-order valence-corrected chi connectivity index (χ4v) is 4.33. The highest BCUT2D eigenvalue weighted by Crippen LogP contribution is 2.44. The smallest absolute Gasteiger partial charge is 0.324 e. The van der Waals surface area contributed by atoms with Crippen molar-refractivity contribution in [3.63, 3.8) is 0 Å². The van der Waals surface area contributed by atoms with Gasteiger partial charge >= 0.3 is 7.60 Å². The standard InChI is InChI=1S/C19H27O3P/c1-3-9-16(2)22-23(20,21)15-7-6-11-18-13-8-12-17-10-4-5-14-19(17)18/h4-5,8,10,12-14,16H,3,6-7,9,11,15H2,1-2H3,(H,20,21). The first-order valence-corrected chi connectivity index (χ1v) is 10.2. The number of unbranched alkanes of at least 4 members (excludes halogenated alkanes) is 1. The van der Waals surface area contributed by atoms with E-state index in [1.54, 1.807) is 0 Å². The third-order valence-corrected chi connectivity index (χ3v) is 5.63. The van der Waals surface area contributed by atoms with E-state index in [1.807, 2.05) is 19.9 Å². The molecule has 0 radical (unpaired) electrons. The average molecular weight is 334 g/mol. The lowest BCUT2D eigenvalue weighted by atomic mass is 10.0. The molecule has 2 atom stereocenters. The van der Waals surface area contributed by atoms with Gasteiger partial charge in [0.15, 0.2) is 0 Å². The van der Waals surface area contributed by atoms with Gasteiger partial charge in [-0.2, -0.15) is 0 Å². The molecule has 0 aliphatic carbocycles. The van der Waals surface area contributed by atoms with Gasteiger partial charge in [0.05, 0.1) is 12.3 Å². The molecule has 0 spiro atoms. The lowest BCUT2D eigenvalue weighted by Crippen LogP contribution is -2.07. The predicted octanol–water partition coefficient (Wildman–Crippen LogP) is 5.55. The van der Waals surface area contributed by atoms with Gasteiger partial charge < -0.3 is 9.42 Å². The molecule has 0 bridgehead atoms. The Bertz CT molecular complexity index is 663. The minimum Gasteiger partial charge on any atom is -0.324 e. The molecule has 0 aromatic heterocycles. The summed E-state index contributed by atoms with van der Waals surface area (Å²) in [6, 6.07) is 14.7. The maximum absolute atomic E-state index is 12.1. The average Bonchev–Trinajstić information content (AvgIpc) is 2.51. The third-order valence-electron chi connectivity index (χ3n) is 4.06. The fourth-order valence-electron chi connectivity index (χ4n) is 2.93. The molecule has 2 unspecified atom stereocenters. The molecule has 0 aliphatic rings. The zero-order valence-corrected chi connectivity index (χ0v) is 15.0. The van der Waals surface area contributed by atoms with Crippen molar-refractivity contribution in [2.24, 2.45) is 0 Å². The molecule has 0 saturated heterocycles. The maximum Gasteiger partial charge on any atom is 0.328 e. The molecular formula is C19H27O3P. The summed E-state index contributed by atoms with van der Waals surface area (Å²) >= 11 is 0. The van der Waals surface area contributed by atoms with Crippen molar-refractivity contribution in [3.05, 3.63) is 48.0 Å². The molecule has 2 rings (SSSR count). The Morgan fingerprint density at radius 1 is 1.13 bits per heavy atom. The molecular weight excluding hydrogens is 307 g/mol. The van der Waals surface area contributed by atoms with Gasteiger partial charge in [0, 0.05) is 0 Å². The van der Waals surface area contributed by atoms with E-state index in [0.29, 0.717) is 6.42 Å². The lowest BCUT2D eigenvalue weighted by Gasteiger charge is -2.17. The second-order valence-corrected chi connectivity index (χ2v) is 8.09. The van der Waals surface area contributed by atoms with Crippen LogP contribution in [0.1, 0.15) is 45.1 Å². The quantitative estimate of drug-likeness (QED) is 0.483. The summed E-state index contributed by atoms with van der Waals surface area (Å²) in [6.45, 7) is 3.91. The van der Waals surface area contributed by atoms with E-state index < -0.39 is 7.60 Å². The fraction of sp³-hybridized carbons (Fsp3) is 0.474. The zero-order valence-electron chi connectivity index (χ0n) is 14.1. The van der Waals surface area contributed by atoms with E-state index in [-0.39, 0.29) is 12.3 Å². The highest BCUT2D eigenvalue weighted by atomic mass is 31.2. The molecule has 2 aromatic carbocycles. The lowest BCUT2D eigenvalue weighted by molar-refractivity contribution is 0.179. The van der Waals surface area contributed by atoms with Gasteiger partial charge in [-0.05, 0) is 48.9 Å². The SMILES string of the molecule is CCCC(C)OP(=O)(O)CCCCc1cccc2ccccc12. The second-order valence-electron chi connectivity index (χ2n) is 6.16. The largest absolute Gasteiger partial charge is 0.328 e. The Hall–Kier alpha value is -1.15. The van der Waals surface area contributed by atoms with Crippen molar-refractivity contribution in [1.82, 2.24) is 0 Å². The monoisotopic (exact) mass is 334 g/mol. The number of benzene rings is 2. The number of hydrogen-bond acceptors (Lipinski definition) is 2. The topological polar surface area (TPSA) is 46.5 Å². The first-order chi connectivity index (χ1) is 11.0. The van der Waals surface area contributed by atoms with E-state index in [0.717, 1.165) is 25.7 Å². The molecule has 0 amide bonds. The van der Waals surface area contributed by atoms with Crippen LogP contribution in [0.4, 0.5) is 0 Å². The van der Waals surface area contributed by atoms with Crippen LogP contribution < -0.4 is 0 Å². The van der Waals surface area contributed by atoms with E-state index in [1.165, 1.54) is 16.3 Å². The number of rotatable bonds is 9. The molecule has 0 heterocycles. The van der Waals surface area contributed by atoms with Crippen LogP contribution in [0.3, 0.4) is 0 Å². The molecule has 0 aliphatic heterocycles. The Balaban J connectivity index is 1.84. The number of aryl methyl sites for hydroxylation is 1. The number of hydrogen-bond donors (Lipinski definition) is 1. The van der Waals surface area contributed by atoms with Crippen molar-refractivity contribution in [3.8, 4) is 0 Å². The highest BCUT2D eigenvalue weighted by molar-refractivity contribution is 7.52. The summed E-state index contributed by atoms with van der Waals surface area (Å²) in [6.07, 6.45) is 4.40. The molecule has 126 valence electrons. The Morgan fingerprint density at radius 3 is 2.65 bits per heavy atom. The van der Waals surface area contributed by atoms with Crippen LogP contribution >= 0.6 is 7.60 Å². The van der Waals surface area contributed by atoms with Crippen LogP contribution in [0.25, 0.3) is 10.8 Å². The van der Waals surface area contributed by atoms with E-state index >= 15 is 0 Å². The van der Waals surface area contributed by atoms with Crippen LogP contribution in [-0.4, -0.2) is 17.2 Å². The number of fused-ring (bicyclic) bond motifs is 1. The minimum atomic E-state index is -3.45. The Labute approximate surface area is 139 Å². The first-order valence-electron chi connectivity index (χ1n) is 8.48. The van der Waals surface area contributed by atoms with E-state index in [4.69, 9.17) is 4.52 Å². The molecule has 3 nitrogen and oxygen atoms in total.